The molecule has 0 radical (unpaired) electrons. The van der Waals surface area contributed by atoms with Crippen LogP contribution in [-0.4, -0.2) is 0 Å². The monoisotopic (exact) mass is 450 g/mol. The van der Waals surface area contributed by atoms with Crippen LogP contribution in [0.1, 0.15) is 99.3 Å². The van der Waals surface area contributed by atoms with Gasteiger partial charge >= 0.3 is 0 Å². The van der Waals surface area contributed by atoms with Crippen LogP contribution in [0.25, 0.3) is 0 Å². The third-order valence-electron chi connectivity index (χ3n) is 12.7. The molecule has 2 aromatic carbocycles. The maximum absolute atomic E-state index is 2.53. The van der Waals surface area contributed by atoms with Gasteiger partial charge in [0.25, 0.3) is 0 Å². The molecule has 8 bridgehead atoms. The van der Waals surface area contributed by atoms with Gasteiger partial charge in [-0.05, 0) is 158 Å². The fraction of sp³-hybridized carbons (Fsp3) is 0.647. The van der Waals surface area contributed by atoms with E-state index in [1.165, 1.54) is 38.5 Å². The molecule has 4 atom stereocenters. The van der Waals surface area contributed by atoms with Gasteiger partial charge in [0.2, 0.25) is 0 Å². The summed E-state index contributed by atoms with van der Waals surface area (Å²) < 4.78 is 0. The van der Waals surface area contributed by atoms with E-state index < -0.39 is 0 Å². The molecule has 2 aromatic rings. The lowest BCUT2D eigenvalue weighted by molar-refractivity contribution is -0.212. The average molecular weight is 451 g/mol. The second-order valence-electron chi connectivity index (χ2n) is 14.7. The Morgan fingerprint density at radius 1 is 0.500 bits per heavy atom. The van der Waals surface area contributed by atoms with Crippen LogP contribution in [0, 0.1) is 48.3 Å². The summed E-state index contributed by atoms with van der Waals surface area (Å²) in [6, 6.07) is 19.1. The van der Waals surface area contributed by atoms with Crippen molar-refractivity contribution in [1.82, 2.24) is 0 Å². The van der Waals surface area contributed by atoms with E-state index in [2.05, 4.69) is 62.4 Å². The van der Waals surface area contributed by atoms with Crippen molar-refractivity contribution in [3.8, 4) is 0 Å². The third-order valence-corrected chi connectivity index (χ3v) is 12.7. The maximum Gasteiger partial charge on any atom is -0.00336 e. The normalized spacial score (nSPS) is 47.9. The summed E-state index contributed by atoms with van der Waals surface area (Å²) >= 11 is 0. The van der Waals surface area contributed by atoms with Crippen LogP contribution in [0.2, 0.25) is 0 Å². The molecule has 0 heteroatoms. The van der Waals surface area contributed by atoms with Crippen molar-refractivity contribution >= 4 is 0 Å². The summed E-state index contributed by atoms with van der Waals surface area (Å²) in [5, 5.41) is 0. The Morgan fingerprint density at radius 3 is 1.21 bits per heavy atom. The highest BCUT2D eigenvalue weighted by molar-refractivity contribution is 5.40. The Morgan fingerprint density at radius 2 is 0.853 bits per heavy atom. The summed E-state index contributed by atoms with van der Waals surface area (Å²) in [5.74, 6) is 3.96. The first-order valence-corrected chi connectivity index (χ1v) is 14.5. The first kappa shape index (κ1) is 20.6. The van der Waals surface area contributed by atoms with Gasteiger partial charge in [0.05, 0.1) is 0 Å². The van der Waals surface area contributed by atoms with Crippen LogP contribution in [0.4, 0.5) is 0 Å². The van der Waals surface area contributed by atoms with Gasteiger partial charge in [0.15, 0.2) is 0 Å². The number of rotatable bonds is 3. The molecular weight excluding hydrogens is 408 g/mol. The number of hydrogen-bond acceptors (Lipinski definition) is 0. The van der Waals surface area contributed by atoms with Gasteiger partial charge in [-0.25, -0.2) is 0 Å². The molecule has 178 valence electrons. The Hall–Kier alpha value is -1.56. The lowest BCUT2D eigenvalue weighted by Gasteiger charge is -2.74. The smallest absolute Gasteiger partial charge is 0.00336 e. The number of benzene rings is 2. The molecule has 0 N–H and O–H groups in total. The fourth-order valence-electron chi connectivity index (χ4n) is 12.7. The Balaban J connectivity index is 1.26. The van der Waals surface area contributed by atoms with Gasteiger partial charge in [0.1, 0.15) is 0 Å². The van der Waals surface area contributed by atoms with E-state index in [4.69, 9.17) is 0 Å². The van der Waals surface area contributed by atoms with E-state index in [9.17, 15) is 0 Å². The quantitative estimate of drug-likeness (QED) is 0.439. The van der Waals surface area contributed by atoms with E-state index in [1.54, 1.807) is 60.8 Å². The van der Waals surface area contributed by atoms with Gasteiger partial charge in [-0.3, -0.25) is 0 Å². The molecule has 10 rings (SSSR count). The van der Waals surface area contributed by atoms with E-state index >= 15 is 0 Å². The molecule has 0 saturated heterocycles. The number of aryl methyl sites for hydroxylation is 2. The van der Waals surface area contributed by atoms with Crippen molar-refractivity contribution in [2.75, 3.05) is 0 Å². The molecule has 8 saturated carbocycles. The second kappa shape index (κ2) is 6.60. The fourth-order valence-corrected chi connectivity index (χ4v) is 12.7. The summed E-state index contributed by atoms with van der Waals surface area (Å²) in [6.45, 7) is 4.80. The van der Waals surface area contributed by atoms with Crippen molar-refractivity contribution in [3.05, 3.63) is 70.8 Å². The molecule has 8 aliphatic carbocycles. The Bertz CT molecular complexity index is 1030. The van der Waals surface area contributed by atoms with Crippen LogP contribution in [0.3, 0.4) is 0 Å². The van der Waals surface area contributed by atoms with Gasteiger partial charge in [-0.15, -0.1) is 0 Å². The van der Waals surface area contributed by atoms with E-state index in [0.29, 0.717) is 21.7 Å². The molecular formula is C34H42. The molecule has 0 spiro atoms. The van der Waals surface area contributed by atoms with Gasteiger partial charge in [-0.2, -0.15) is 0 Å². The molecule has 8 aliphatic rings. The highest BCUT2D eigenvalue weighted by Crippen LogP contribution is 2.78. The zero-order valence-electron chi connectivity index (χ0n) is 21.4. The van der Waals surface area contributed by atoms with Crippen molar-refractivity contribution in [3.63, 3.8) is 0 Å². The van der Waals surface area contributed by atoms with Crippen LogP contribution in [-0.2, 0) is 10.8 Å². The molecule has 8 fully saturated rings. The van der Waals surface area contributed by atoms with E-state index in [0.717, 1.165) is 23.7 Å². The van der Waals surface area contributed by atoms with Gasteiger partial charge in [0, 0.05) is 0 Å². The molecule has 0 heterocycles. The van der Waals surface area contributed by atoms with Crippen molar-refractivity contribution in [2.45, 2.75) is 102 Å². The van der Waals surface area contributed by atoms with Gasteiger partial charge < -0.3 is 0 Å². The molecule has 4 unspecified atom stereocenters. The van der Waals surface area contributed by atoms with Crippen molar-refractivity contribution < 1.29 is 0 Å². The van der Waals surface area contributed by atoms with Crippen LogP contribution >= 0.6 is 0 Å². The second-order valence-corrected chi connectivity index (χ2v) is 14.7. The molecule has 34 heavy (non-hydrogen) atoms. The van der Waals surface area contributed by atoms with Crippen LogP contribution < -0.4 is 0 Å². The minimum Gasteiger partial charge on any atom is -0.0620 e. The van der Waals surface area contributed by atoms with Crippen LogP contribution in [0.15, 0.2) is 48.5 Å². The summed E-state index contributed by atoms with van der Waals surface area (Å²) in [5.41, 5.74) is 8.82. The molecule has 0 nitrogen and oxygen atoms in total. The van der Waals surface area contributed by atoms with Crippen LogP contribution in [0.5, 0.6) is 0 Å². The first-order valence-electron chi connectivity index (χ1n) is 14.5. The van der Waals surface area contributed by atoms with Crippen molar-refractivity contribution in [2.24, 2.45) is 34.5 Å². The zero-order chi connectivity index (χ0) is 22.8. The van der Waals surface area contributed by atoms with Gasteiger partial charge in [-0.1, -0.05) is 48.5 Å². The lowest BCUT2D eigenvalue weighted by Crippen LogP contribution is -2.66. The minimum atomic E-state index is 0.481. The minimum absolute atomic E-state index is 0.481. The molecule has 0 amide bonds. The first-order chi connectivity index (χ1) is 16.4. The standard InChI is InChI=1S/C34H42/c1-23-7-3-5-9-29(23)31-13-25-11-26(14-31)18-33(17-25,21-31)34-19-27-12-28(20-34)16-32(15-27,22-34)30-10-6-4-8-24(30)2/h3-10,25-28H,11-22H2,1-2H3. The summed E-state index contributed by atoms with van der Waals surface area (Å²) in [6.07, 6.45) is 18.3. The summed E-state index contributed by atoms with van der Waals surface area (Å²) in [7, 11) is 0. The maximum atomic E-state index is 2.53. The molecule has 0 aromatic heterocycles. The number of hydrogen-bond donors (Lipinski definition) is 0. The zero-order valence-corrected chi connectivity index (χ0v) is 21.4. The average Bonchev–Trinajstić information content (AvgIpc) is 2.78. The van der Waals surface area contributed by atoms with E-state index in [1.807, 2.05) is 0 Å². The molecule has 0 aliphatic heterocycles. The largest absolute Gasteiger partial charge is 0.0620 e. The third kappa shape index (κ3) is 2.56. The predicted molar refractivity (Wildman–Crippen MR) is 140 cm³/mol. The van der Waals surface area contributed by atoms with E-state index in [-0.39, 0.29) is 0 Å². The summed E-state index contributed by atoms with van der Waals surface area (Å²) in [4.78, 5) is 0. The van der Waals surface area contributed by atoms with Crippen molar-refractivity contribution in [1.29, 1.82) is 0 Å². The highest BCUT2D eigenvalue weighted by Gasteiger charge is 2.70. The Kier molecular flexibility index (Phi) is 4.00. The Labute approximate surface area is 206 Å². The lowest BCUT2D eigenvalue weighted by atomic mass is 9.30. The topological polar surface area (TPSA) is 0 Å². The predicted octanol–water partition coefficient (Wildman–Crippen LogP) is 8.68. The highest BCUT2D eigenvalue weighted by atomic mass is 14.7. The SMILES string of the molecule is Cc1ccccc1C12CC3CC(C1)CC(C14CC5CC(CC(c6ccccc6C)(C5)C1)C4)(C3)C2.